The molecular formula is C13H9BrN2. The first-order chi connectivity index (χ1) is 7.84. The van der Waals surface area contributed by atoms with Gasteiger partial charge in [-0.25, -0.2) is 0 Å². The lowest BCUT2D eigenvalue weighted by atomic mass is 10.1. The standard InChI is InChI=1S/C13H9BrN2/c14-12-4-5-15-8-11(12)9-1-2-13-10(7-9)3-6-16-13/h1-8,16H. The minimum absolute atomic E-state index is 1.07. The summed E-state index contributed by atoms with van der Waals surface area (Å²) in [5, 5.41) is 1.22. The summed E-state index contributed by atoms with van der Waals surface area (Å²) < 4.78 is 1.07. The smallest absolute Gasteiger partial charge is 0.0454 e. The van der Waals surface area contributed by atoms with E-state index in [4.69, 9.17) is 0 Å². The summed E-state index contributed by atoms with van der Waals surface area (Å²) in [5.41, 5.74) is 3.45. The highest BCUT2D eigenvalue weighted by Crippen LogP contribution is 2.29. The van der Waals surface area contributed by atoms with Crippen LogP contribution in [0.15, 0.2) is 53.4 Å². The van der Waals surface area contributed by atoms with Crippen LogP contribution < -0.4 is 0 Å². The van der Waals surface area contributed by atoms with E-state index in [1.54, 1.807) is 6.20 Å². The van der Waals surface area contributed by atoms with Gasteiger partial charge in [0.25, 0.3) is 0 Å². The van der Waals surface area contributed by atoms with Gasteiger partial charge in [-0.3, -0.25) is 4.98 Å². The summed E-state index contributed by atoms with van der Waals surface area (Å²) in [5.74, 6) is 0. The Morgan fingerprint density at radius 3 is 2.94 bits per heavy atom. The molecule has 16 heavy (non-hydrogen) atoms. The average molecular weight is 273 g/mol. The van der Waals surface area contributed by atoms with Crippen molar-refractivity contribution in [3.05, 3.63) is 53.4 Å². The molecule has 0 saturated heterocycles. The van der Waals surface area contributed by atoms with E-state index in [0.29, 0.717) is 0 Å². The number of fused-ring (bicyclic) bond motifs is 1. The van der Waals surface area contributed by atoms with E-state index in [1.165, 1.54) is 10.9 Å². The Kier molecular flexibility index (Phi) is 2.26. The van der Waals surface area contributed by atoms with E-state index in [0.717, 1.165) is 15.6 Å². The van der Waals surface area contributed by atoms with E-state index in [1.807, 2.05) is 18.5 Å². The van der Waals surface area contributed by atoms with Crippen molar-refractivity contribution < 1.29 is 0 Å². The maximum Gasteiger partial charge on any atom is 0.0454 e. The van der Waals surface area contributed by atoms with Crippen molar-refractivity contribution in [2.24, 2.45) is 0 Å². The molecule has 3 heteroatoms. The van der Waals surface area contributed by atoms with Crippen molar-refractivity contribution >= 4 is 26.8 Å². The average Bonchev–Trinajstić information content (AvgIpc) is 2.76. The molecule has 0 unspecified atom stereocenters. The van der Waals surface area contributed by atoms with Crippen molar-refractivity contribution in [3.8, 4) is 11.1 Å². The molecule has 0 bridgehead atoms. The zero-order valence-corrected chi connectivity index (χ0v) is 10.0. The number of H-pyrrole nitrogens is 1. The molecule has 1 N–H and O–H groups in total. The monoisotopic (exact) mass is 272 g/mol. The number of benzene rings is 1. The zero-order chi connectivity index (χ0) is 11.0. The molecule has 0 amide bonds. The van der Waals surface area contributed by atoms with Gasteiger partial charge in [0.2, 0.25) is 0 Å². The molecule has 0 aliphatic carbocycles. The third kappa shape index (κ3) is 1.53. The molecule has 0 atom stereocenters. The maximum atomic E-state index is 4.15. The molecule has 0 fully saturated rings. The van der Waals surface area contributed by atoms with Crippen LogP contribution in [0.25, 0.3) is 22.0 Å². The van der Waals surface area contributed by atoms with Gasteiger partial charge < -0.3 is 4.98 Å². The lowest BCUT2D eigenvalue weighted by Gasteiger charge is -2.03. The molecule has 2 nitrogen and oxygen atoms in total. The Balaban J connectivity index is 2.22. The van der Waals surface area contributed by atoms with Crippen LogP contribution in [0.1, 0.15) is 0 Å². The van der Waals surface area contributed by atoms with Gasteiger partial charge in [0.1, 0.15) is 0 Å². The quantitative estimate of drug-likeness (QED) is 0.713. The topological polar surface area (TPSA) is 28.7 Å². The lowest BCUT2D eigenvalue weighted by molar-refractivity contribution is 1.32. The fourth-order valence-electron chi connectivity index (χ4n) is 1.81. The lowest BCUT2D eigenvalue weighted by Crippen LogP contribution is -1.81. The number of halogens is 1. The number of rotatable bonds is 1. The largest absolute Gasteiger partial charge is 0.361 e. The van der Waals surface area contributed by atoms with Crippen LogP contribution >= 0.6 is 15.9 Å². The number of aromatic nitrogens is 2. The van der Waals surface area contributed by atoms with Crippen LogP contribution in [0.3, 0.4) is 0 Å². The normalized spacial score (nSPS) is 10.8. The van der Waals surface area contributed by atoms with E-state index in [9.17, 15) is 0 Å². The van der Waals surface area contributed by atoms with Gasteiger partial charge in [0, 0.05) is 34.1 Å². The molecule has 3 rings (SSSR count). The number of nitrogens with zero attached hydrogens (tertiary/aromatic N) is 1. The predicted octanol–water partition coefficient (Wildman–Crippen LogP) is 3.99. The summed E-state index contributed by atoms with van der Waals surface area (Å²) >= 11 is 3.54. The van der Waals surface area contributed by atoms with E-state index < -0.39 is 0 Å². The van der Waals surface area contributed by atoms with Crippen molar-refractivity contribution in [2.45, 2.75) is 0 Å². The molecule has 3 aromatic rings. The van der Waals surface area contributed by atoms with Crippen molar-refractivity contribution in [1.29, 1.82) is 0 Å². The molecule has 0 spiro atoms. The Labute approximate surface area is 101 Å². The first-order valence-corrected chi connectivity index (χ1v) is 5.81. The zero-order valence-electron chi connectivity index (χ0n) is 8.44. The van der Waals surface area contributed by atoms with Crippen LogP contribution in [-0.2, 0) is 0 Å². The SMILES string of the molecule is Brc1ccncc1-c1ccc2[nH]ccc2c1. The molecule has 78 valence electrons. The predicted molar refractivity (Wildman–Crippen MR) is 69.2 cm³/mol. The Hall–Kier alpha value is -1.61. The first kappa shape index (κ1) is 9.60. The maximum absolute atomic E-state index is 4.15. The summed E-state index contributed by atoms with van der Waals surface area (Å²) in [6.45, 7) is 0. The third-order valence-electron chi connectivity index (χ3n) is 2.63. The van der Waals surface area contributed by atoms with Crippen LogP contribution in [0.5, 0.6) is 0 Å². The van der Waals surface area contributed by atoms with Crippen molar-refractivity contribution in [2.75, 3.05) is 0 Å². The molecule has 0 saturated carbocycles. The molecule has 2 heterocycles. The molecule has 1 aromatic carbocycles. The minimum atomic E-state index is 1.07. The van der Waals surface area contributed by atoms with Gasteiger partial charge in [-0.1, -0.05) is 22.0 Å². The Morgan fingerprint density at radius 2 is 2.06 bits per heavy atom. The summed E-state index contributed by atoms with van der Waals surface area (Å²) in [6.07, 6.45) is 5.60. The highest BCUT2D eigenvalue weighted by atomic mass is 79.9. The van der Waals surface area contributed by atoms with Gasteiger partial charge in [0.05, 0.1) is 0 Å². The second kappa shape index (κ2) is 3.76. The number of aromatic amines is 1. The van der Waals surface area contributed by atoms with Crippen LogP contribution in [0.4, 0.5) is 0 Å². The number of pyridine rings is 1. The Bertz CT molecular complexity index is 643. The molecule has 0 aliphatic rings. The first-order valence-electron chi connectivity index (χ1n) is 5.01. The number of hydrogen-bond acceptors (Lipinski definition) is 1. The third-order valence-corrected chi connectivity index (χ3v) is 3.32. The second-order valence-corrected chi connectivity index (χ2v) is 4.49. The van der Waals surface area contributed by atoms with Gasteiger partial charge in [-0.05, 0) is 35.2 Å². The minimum Gasteiger partial charge on any atom is -0.361 e. The van der Waals surface area contributed by atoms with Crippen molar-refractivity contribution in [1.82, 2.24) is 9.97 Å². The highest BCUT2D eigenvalue weighted by Gasteiger charge is 2.03. The Morgan fingerprint density at radius 1 is 1.12 bits per heavy atom. The van der Waals surface area contributed by atoms with Crippen LogP contribution in [-0.4, -0.2) is 9.97 Å². The number of hydrogen-bond donors (Lipinski definition) is 1. The fourth-order valence-corrected chi connectivity index (χ4v) is 2.26. The van der Waals surface area contributed by atoms with Gasteiger partial charge in [0.15, 0.2) is 0 Å². The summed E-state index contributed by atoms with van der Waals surface area (Å²) in [7, 11) is 0. The fraction of sp³-hybridized carbons (Fsp3) is 0. The van der Waals surface area contributed by atoms with Crippen LogP contribution in [0.2, 0.25) is 0 Å². The van der Waals surface area contributed by atoms with Gasteiger partial charge in [-0.15, -0.1) is 0 Å². The van der Waals surface area contributed by atoms with Crippen LogP contribution in [0, 0.1) is 0 Å². The highest BCUT2D eigenvalue weighted by molar-refractivity contribution is 9.10. The summed E-state index contributed by atoms with van der Waals surface area (Å²) in [6, 6.07) is 10.4. The summed E-state index contributed by atoms with van der Waals surface area (Å²) in [4.78, 5) is 7.34. The molecular weight excluding hydrogens is 264 g/mol. The van der Waals surface area contributed by atoms with E-state index >= 15 is 0 Å². The van der Waals surface area contributed by atoms with Crippen molar-refractivity contribution in [3.63, 3.8) is 0 Å². The molecule has 0 aliphatic heterocycles. The van der Waals surface area contributed by atoms with E-state index in [-0.39, 0.29) is 0 Å². The molecule has 2 aromatic heterocycles. The van der Waals surface area contributed by atoms with Gasteiger partial charge >= 0.3 is 0 Å². The van der Waals surface area contributed by atoms with Gasteiger partial charge in [-0.2, -0.15) is 0 Å². The second-order valence-electron chi connectivity index (χ2n) is 3.64. The number of nitrogens with one attached hydrogen (secondary N) is 1. The van der Waals surface area contributed by atoms with E-state index in [2.05, 4.69) is 50.2 Å². The molecule has 0 radical (unpaired) electrons.